The normalized spacial score (nSPS) is 18.0. The minimum absolute atomic E-state index is 0.0834. The van der Waals surface area contributed by atoms with Crippen molar-refractivity contribution in [2.24, 2.45) is 11.8 Å². The fraction of sp³-hybridized carbons (Fsp3) is 0.333. The van der Waals surface area contributed by atoms with E-state index in [1.54, 1.807) is 9.80 Å². The van der Waals surface area contributed by atoms with Crippen molar-refractivity contribution < 1.29 is 27.7 Å². The van der Waals surface area contributed by atoms with Crippen molar-refractivity contribution in [1.29, 1.82) is 0 Å². The van der Waals surface area contributed by atoms with Gasteiger partial charge in [0.15, 0.2) is 5.13 Å². The predicted molar refractivity (Wildman–Crippen MR) is 150 cm³/mol. The molecule has 12 nitrogen and oxygen atoms in total. The molecule has 1 aromatic heterocycles. The molecule has 0 saturated carbocycles. The van der Waals surface area contributed by atoms with Gasteiger partial charge in [0.2, 0.25) is 27.6 Å². The number of aromatic nitrogens is 1. The van der Waals surface area contributed by atoms with Gasteiger partial charge < -0.3 is 15.1 Å². The first-order chi connectivity index (χ1) is 19.5. The monoisotopic (exact) mass is 597 g/mol. The van der Waals surface area contributed by atoms with E-state index in [2.05, 4.69) is 10.3 Å². The van der Waals surface area contributed by atoms with Crippen molar-refractivity contribution in [3.05, 3.63) is 70.4 Å². The second-order valence-electron chi connectivity index (χ2n) is 10.1. The summed E-state index contributed by atoms with van der Waals surface area (Å²) in [5.74, 6) is -1.30. The topological polar surface area (TPSA) is 160 Å². The lowest BCUT2D eigenvalue weighted by molar-refractivity contribution is -0.384. The Morgan fingerprint density at radius 3 is 2.34 bits per heavy atom. The Bertz CT molecular complexity index is 1600. The van der Waals surface area contributed by atoms with E-state index in [0.717, 1.165) is 53.0 Å². The number of nitro groups is 1. The summed E-state index contributed by atoms with van der Waals surface area (Å²) in [5, 5.41) is 13.6. The summed E-state index contributed by atoms with van der Waals surface area (Å²) in [4.78, 5) is 56.1. The average Bonchev–Trinajstić information content (AvgIpc) is 3.60. The number of benzene rings is 2. The van der Waals surface area contributed by atoms with Crippen LogP contribution in [0.5, 0.6) is 0 Å². The molecule has 2 aliphatic rings. The quantitative estimate of drug-likeness (QED) is 0.320. The first-order valence-electron chi connectivity index (χ1n) is 12.9. The van der Waals surface area contributed by atoms with Gasteiger partial charge in [0.1, 0.15) is 4.21 Å². The standard InChI is InChI=1S/C27H27N5O7S2/c1-17-2-4-20(5-3-17)31-16-19(14-23(31)33)26(35)30-12-10-18(11-13-30)25(34)29-27-28-15-24(40-27)41(38,39)22-8-6-21(7-9-22)32(36)37/h2-9,15,18-19H,10-14,16H2,1H3,(H,28,29,34). The van der Waals surface area contributed by atoms with Crippen LogP contribution in [0.15, 0.2) is 63.8 Å². The van der Waals surface area contributed by atoms with Crippen LogP contribution in [-0.2, 0) is 24.2 Å². The van der Waals surface area contributed by atoms with Gasteiger partial charge in [-0.2, -0.15) is 0 Å². The van der Waals surface area contributed by atoms with Gasteiger partial charge >= 0.3 is 0 Å². The number of nitrogens with one attached hydrogen (secondary N) is 1. The summed E-state index contributed by atoms with van der Waals surface area (Å²) in [6.45, 7) is 3.05. The number of sulfone groups is 1. The zero-order chi connectivity index (χ0) is 29.3. The Labute approximate surface area is 240 Å². The first kappa shape index (κ1) is 28.4. The molecule has 5 rings (SSSR count). The number of rotatable bonds is 7. The van der Waals surface area contributed by atoms with Crippen LogP contribution in [0.2, 0.25) is 0 Å². The molecule has 2 aromatic carbocycles. The number of aryl methyl sites for hydroxylation is 1. The van der Waals surface area contributed by atoms with Crippen molar-refractivity contribution in [2.45, 2.75) is 35.3 Å². The van der Waals surface area contributed by atoms with Crippen molar-refractivity contribution in [3.8, 4) is 0 Å². The van der Waals surface area contributed by atoms with Crippen LogP contribution in [0, 0.1) is 28.9 Å². The number of carbonyl (C=O) groups is 3. The van der Waals surface area contributed by atoms with Crippen LogP contribution in [0.1, 0.15) is 24.8 Å². The largest absolute Gasteiger partial charge is 0.342 e. The Balaban J connectivity index is 1.14. The molecule has 0 aliphatic carbocycles. The maximum atomic E-state index is 13.2. The summed E-state index contributed by atoms with van der Waals surface area (Å²) in [5.41, 5.74) is 1.63. The second kappa shape index (κ2) is 11.4. The molecular formula is C27H27N5O7S2. The van der Waals surface area contributed by atoms with Gasteiger partial charge in [-0.05, 0) is 44.0 Å². The van der Waals surface area contributed by atoms with E-state index in [0.29, 0.717) is 32.5 Å². The Hall–Kier alpha value is -4.17. The highest BCUT2D eigenvalue weighted by Gasteiger charge is 2.38. The molecule has 214 valence electrons. The van der Waals surface area contributed by atoms with Crippen LogP contribution >= 0.6 is 11.3 Å². The van der Waals surface area contributed by atoms with Crippen molar-refractivity contribution in [1.82, 2.24) is 9.88 Å². The van der Waals surface area contributed by atoms with Crippen molar-refractivity contribution in [2.75, 3.05) is 29.9 Å². The molecule has 41 heavy (non-hydrogen) atoms. The number of nitro benzene ring substituents is 1. The highest BCUT2D eigenvalue weighted by molar-refractivity contribution is 7.93. The van der Waals surface area contributed by atoms with Crippen LogP contribution in [0.4, 0.5) is 16.5 Å². The SMILES string of the molecule is Cc1ccc(N2CC(C(=O)N3CCC(C(=O)Nc4ncc(S(=O)(=O)c5ccc([N+](=O)[O-])cc5)s4)CC3)CC2=O)cc1. The Kier molecular flexibility index (Phi) is 7.87. The third-order valence-electron chi connectivity index (χ3n) is 7.33. The molecule has 3 heterocycles. The molecule has 1 N–H and O–H groups in total. The fourth-order valence-electron chi connectivity index (χ4n) is 4.98. The number of anilines is 2. The van der Waals surface area contributed by atoms with Crippen LogP contribution < -0.4 is 10.2 Å². The number of likely N-dealkylation sites (tertiary alicyclic amines) is 1. The van der Waals surface area contributed by atoms with Crippen molar-refractivity contribution in [3.63, 3.8) is 0 Å². The zero-order valence-corrected chi connectivity index (χ0v) is 23.7. The summed E-state index contributed by atoms with van der Waals surface area (Å²) in [6.07, 6.45) is 2.15. The lowest BCUT2D eigenvalue weighted by Crippen LogP contribution is -2.44. The van der Waals surface area contributed by atoms with Gasteiger partial charge in [0.25, 0.3) is 5.69 Å². The molecule has 2 saturated heterocycles. The second-order valence-corrected chi connectivity index (χ2v) is 13.3. The number of amides is 3. The molecule has 2 aliphatic heterocycles. The van der Waals surface area contributed by atoms with Crippen molar-refractivity contribution >= 4 is 55.4 Å². The molecular weight excluding hydrogens is 570 g/mol. The molecule has 3 amide bonds. The smallest absolute Gasteiger partial charge is 0.269 e. The lowest BCUT2D eigenvalue weighted by Gasteiger charge is -2.32. The molecule has 14 heteroatoms. The van der Waals surface area contributed by atoms with Gasteiger partial charge in [-0.3, -0.25) is 24.5 Å². The molecule has 3 aromatic rings. The van der Waals surface area contributed by atoms with E-state index in [1.807, 2.05) is 31.2 Å². The molecule has 1 unspecified atom stereocenters. The number of piperidine rings is 1. The molecule has 2 fully saturated rings. The van der Waals surface area contributed by atoms with Gasteiger partial charge in [-0.15, -0.1) is 0 Å². The van der Waals surface area contributed by atoms with Gasteiger partial charge in [-0.1, -0.05) is 29.0 Å². The number of carbonyl (C=O) groups excluding carboxylic acids is 3. The minimum Gasteiger partial charge on any atom is -0.342 e. The Morgan fingerprint density at radius 2 is 1.71 bits per heavy atom. The number of hydrogen-bond acceptors (Lipinski definition) is 9. The zero-order valence-electron chi connectivity index (χ0n) is 22.1. The molecule has 0 radical (unpaired) electrons. The molecule has 0 spiro atoms. The van der Waals surface area contributed by atoms with Gasteiger partial charge in [0, 0.05) is 49.8 Å². The summed E-state index contributed by atoms with van der Waals surface area (Å²) in [7, 11) is -3.96. The van der Waals surface area contributed by atoms with E-state index < -0.39 is 20.7 Å². The molecule has 1 atom stereocenters. The van der Waals surface area contributed by atoms with E-state index >= 15 is 0 Å². The number of non-ortho nitro benzene ring substituents is 1. The third-order valence-corrected chi connectivity index (χ3v) is 10.5. The minimum atomic E-state index is -3.96. The number of thiazole rings is 1. The fourth-order valence-corrected chi connectivity index (χ4v) is 7.41. The maximum Gasteiger partial charge on any atom is 0.269 e. The summed E-state index contributed by atoms with van der Waals surface area (Å²) >= 11 is 0.793. The van der Waals surface area contributed by atoms with Crippen LogP contribution in [-0.4, -0.2) is 60.6 Å². The summed E-state index contributed by atoms with van der Waals surface area (Å²) < 4.78 is 25.7. The maximum absolute atomic E-state index is 13.2. The van der Waals surface area contributed by atoms with Gasteiger partial charge in [0.05, 0.1) is 21.9 Å². The highest BCUT2D eigenvalue weighted by atomic mass is 32.2. The van der Waals surface area contributed by atoms with E-state index in [1.165, 1.54) is 0 Å². The average molecular weight is 598 g/mol. The molecule has 0 bridgehead atoms. The van der Waals surface area contributed by atoms with Crippen LogP contribution in [0.25, 0.3) is 0 Å². The van der Waals surface area contributed by atoms with E-state index in [9.17, 15) is 32.9 Å². The van der Waals surface area contributed by atoms with Crippen LogP contribution in [0.3, 0.4) is 0 Å². The third kappa shape index (κ3) is 5.98. The number of hydrogen-bond donors (Lipinski definition) is 1. The Morgan fingerprint density at radius 1 is 1.05 bits per heavy atom. The van der Waals surface area contributed by atoms with Gasteiger partial charge in [-0.25, -0.2) is 13.4 Å². The predicted octanol–water partition coefficient (Wildman–Crippen LogP) is 3.42. The first-order valence-corrected chi connectivity index (χ1v) is 15.2. The lowest BCUT2D eigenvalue weighted by atomic mass is 9.94. The highest BCUT2D eigenvalue weighted by Crippen LogP contribution is 2.31. The van der Waals surface area contributed by atoms with E-state index in [4.69, 9.17) is 0 Å². The number of nitrogens with zero attached hydrogens (tertiary/aromatic N) is 4. The summed E-state index contributed by atoms with van der Waals surface area (Å²) in [6, 6.07) is 12.1. The van der Waals surface area contributed by atoms with E-state index in [-0.39, 0.29) is 50.0 Å².